The second-order valence-electron chi connectivity index (χ2n) is 7.63. The molecule has 144 valence electrons. The fraction of sp³-hybridized carbons (Fsp3) is 0.333. The normalized spacial score (nSPS) is 17.4. The third kappa shape index (κ3) is 3.86. The summed E-state index contributed by atoms with van der Waals surface area (Å²) in [5.74, 6) is 0.942. The summed E-state index contributed by atoms with van der Waals surface area (Å²) < 4.78 is 5.66. The summed E-state index contributed by atoms with van der Waals surface area (Å²) in [5.41, 5.74) is 4.74. The van der Waals surface area contributed by atoms with Crippen LogP contribution >= 0.6 is 0 Å². The largest absolute Gasteiger partial charge is 0.467 e. The fourth-order valence-corrected chi connectivity index (χ4v) is 4.09. The van der Waals surface area contributed by atoms with Gasteiger partial charge in [0, 0.05) is 23.4 Å². The molecule has 0 N–H and O–H groups in total. The second-order valence-corrected chi connectivity index (χ2v) is 7.63. The summed E-state index contributed by atoms with van der Waals surface area (Å²) in [4.78, 5) is 20.1. The van der Waals surface area contributed by atoms with Gasteiger partial charge in [-0.05, 0) is 68.7 Å². The third-order valence-electron chi connectivity index (χ3n) is 5.39. The van der Waals surface area contributed by atoms with Gasteiger partial charge in [-0.2, -0.15) is 0 Å². The maximum absolute atomic E-state index is 13.4. The molecule has 1 aliphatic heterocycles. The lowest BCUT2D eigenvalue weighted by Gasteiger charge is -2.29. The lowest BCUT2D eigenvalue weighted by atomic mass is 10.0. The SMILES string of the molecule is Cc1cc(C)nc(-c2cccc(C(=O)N3CCCCC[C@H]3c3ccco3)c2)c1. The number of carbonyl (C=O) groups is 1. The maximum Gasteiger partial charge on any atom is 0.254 e. The molecule has 1 saturated heterocycles. The van der Waals surface area contributed by atoms with Crippen molar-refractivity contribution in [1.29, 1.82) is 0 Å². The first-order valence-electron chi connectivity index (χ1n) is 10.0. The van der Waals surface area contributed by atoms with E-state index in [-0.39, 0.29) is 11.9 Å². The van der Waals surface area contributed by atoms with Crippen molar-refractivity contribution in [2.75, 3.05) is 6.54 Å². The molecule has 4 heteroatoms. The lowest BCUT2D eigenvalue weighted by Crippen LogP contribution is -2.34. The number of benzene rings is 1. The number of aromatic nitrogens is 1. The molecule has 1 aliphatic rings. The molecule has 3 heterocycles. The molecule has 0 radical (unpaired) electrons. The number of nitrogens with zero attached hydrogens (tertiary/aromatic N) is 2. The number of rotatable bonds is 3. The number of hydrogen-bond donors (Lipinski definition) is 0. The van der Waals surface area contributed by atoms with Crippen LogP contribution in [-0.4, -0.2) is 22.3 Å². The molecule has 1 atom stereocenters. The van der Waals surface area contributed by atoms with Gasteiger partial charge in [0.2, 0.25) is 0 Å². The summed E-state index contributed by atoms with van der Waals surface area (Å²) in [5, 5.41) is 0. The van der Waals surface area contributed by atoms with Crippen molar-refractivity contribution in [2.45, 2.75) is 45.6 Å². The molecule has 28 heavy (non-hydrogen) atoms. The van der Waals surface area contributed by atoms with Crippen LogP contribution in [0.3, 0.4) is 0 Å². The highest BCUT2D eigenvalue weighted by Gasteiger charge is 2.29. The van der Waals surface area contributed by atoms with Crippen molar-refractivity contribution in [3.63, 3.8) is 0 Å². The minimum atomic E-state index is 0.00740. The van der Waals surface area contributed by atoms with E-state index in [0.29, 0.717) is 5.56 Å². The first-order chi connectivity index (χ1) is 13.6. The summed E-state index contributed by atoms with van der Waals surface area (Å²) in [6.45, 7) is 4.82. The standard InChI is InChI=1S/C24H26N2O2/c1-17-14-18(2)25-21(15-17)19-8-6-9-20(16-19)24(27)26-12-5-3-4-10-22(26)23-11-7-13-28-23/h6-9,11,13-16,22H,3-5,10,12H2,1-2H3/t22-/m0/s1. The van der Waals surface area contributed by atoms with E-state index < -0.39 is 0 Å². The van der Waals surface area contributed by atoms with Crippen LogP contribution in [0.15, 0.2) is 59.2 Å². The average Bonchev–Trinajstić information content (AvgIpc) is 3.11. The Morgan fingerprint density at radius 3 is 2.75 bits per heavy atom. The fourth-order valence-electron chi connectivity index (χ4n) is 4.09. The van der Waals surface area contributed by atoms with Crippen molar-refractivity contribution in [3.8, 4) is 11.3 Å². The summed E-state index contributed by atoms with van der Waals surface area (Å²) in [6.07, 6.45) is 5.92. The van der Waals surface area contributed by atoms with Gasteiger partial charge >= 0.3 is 0 Å². The van der Waals surface area contributed by atoms with Crippen LogP contribution in [0, 0.1) is 13.8 Å². The molecule has 3 aromatic rings. The monoisotopic (exact) mass is 374 g/mol. The molecule has 0 spiro atoms. The van der Waals surface area contributed by atoms with Gasteiger partial charge < -0.3 is 9.32 Å². The molecular weight excluding hydrogens is 348 g/mol. The Morgan fingerprint density at radius 1 is 1.07 bits per heavy atom. The smallest absolute Gasteiger partial charge is 0.254 e. The van der Waals surface area contributed by atoms with E-state index in [2.05, 4.69) is 24.0 Å². The second kappa shape index (κ2) is 8.01. The zero-order chi connectivity index (χ0) is 19.5. The van der Waals surface area contributed by atoms with E-state index in [9.17, 15) is 4.79 Å². The molecule has 0 aliphatic carbocycles. The Bertz CT molecular complexity index is 942. The Balaban J connectivity index is 1.67. The van der Waals surface area contributed by atoms with E-state index in [0.717, 1.165) is 54.9 Å². The van der Waals surface area contributed by atoms with E-state index in [4.69, 9.17) is 4.42 Å². The van der Waals surface area contributed by atoms with Crippen LogP contribution in [0.5, 0.6) is 0 Å². The highest BCUT2D eigenvalue weighted by Crippen LogP contribution is 2.32. The number of furan rings is 1. The highest BCUT2D eigenvalue weighted by atomic mass is 16.3. The Labute approximate surface area is 166 Å². The molecule has 4 rings (SSSR count). The summed E-state index contributed by atoms with van der Waals surface area (Å²) in [7, 11) is 0. The number of pyridine rings is 1. The van der Waals surface area contributed by atoms with Crippen molar-refractivity contribution in [1.82, 2.24) is 9.88 Å². The lowest BCUT2D eigenvalue weighted by molar-refractivity contribution is 0.0658. The number of hydrogen-bond acceptors (Lipinski definition) is 3. The number of amides is 1. The molecule has 4 nitrogen and oxygen atoms in total. The van der Waals surface area contributed by atoms with Crippen LogP contribution in [0.1, 0.15) is 59.1 Å². The van der Waals surface area contributed by atoms with Gasteiger partial charge in [0.1, 0.15) is 5.76 Å². The number of aryl methyl sites for hydroxylation is 2. The van der Waals surface area contributed by atoms with Crippen LogP contribution < -0.4 is 0 Å². The summed E-state index contributed by atoms with van der Waals surface area (Å²) >= 11 is 0. The number of carbonyl (C=O) groups excluding carboxylic acids is 1. The first-order valence-corrected chi connectivity index (χ1v) is 10.0. The topological polar surface area (TPSA) is 46.3 Å². The van der Waals surface area contributed by atoms with Gasteiger partial charge in [0.05, 0.1) is 18.0 Å². The van der Waals surface area contributed by atoms with Gasteiger partial charge in [0.25, 0.3) is 5.91 Å². The zero-order valence-corrected chi connectivity index (χ0v) is 16.5. The van der Waals surface area contributed by atoms with Gasteiger partial charge in [-0.25, -0.2) is 0 Å². The van der Waals surface area contributed by atoms with Gasteiger partial charge in [-0.15, -0.1) is 0 Å². The average molecular weight is 374 g/mol. The van der Waals surface area contributed by atoms with Gasteiger partial charge in [-0.3, -0.25) is 9.78 Å². The Kier molecular flexibility index (Phi) is 5.29. The minimum absolute atomic E-state index is 0.00740. The molecule has 1 amide bonds. The van der Waals surface area contributed by atoms with Crippen LogP contribution in [-0.2, 0) is 0 Å². The Morgan fingerprint density at radius 2 is 1.96 bits per heavy atom. The molecular formula is C24H26N2O2. The zero-order valence-electron chi connectivity index (χ0n) is 16.5. The van der Waals surface area contributed by atoms with Crippen molar-refractivity contribution < 1.29 is 9.21 Å². The molecule has 0 bridgehead atoms. The predicted octanol–water partition coefficient (Wildman–Crippen LogP) is 5.72. The van der Waals surface area contributed by atoms with E-state index in [1.807, 2.05) is 48.2 Å². The van der Waals surface area contributed by atoms with E-state index >= 15 is 0 Å². The van der Waals surface area contributed by atoms with Crippen molar-refractivity contribution in [2.24, 2.45) is 0 Å². The molecule has 0 saturated carbocycles. The maximum atomic E-state index is 13.4. The van der Waals surface area contributed by atoms with Gasteiger partial charge in [0.15, 0.2) is 0 Å². The number of likely N-dealkylation sites (tertiary alicyclic amines) is 1. The van der Waals surface area contributed by atoms with E-state index in [1.165, 1.54) is 5.56 Å². The van der Waals surface area contributed by atoms with E-state index in [1.54, 1.807) is 6.26 Å². The summed E-state index contributed by atoms with van der Waals surface area (Å²) in [6, 6.07) is 15.8. The Hall–Kier alpha value is -2.88. The van der Waals surface area contributed by atoms with Crippen LogP contribution in [0.25, 0.3) is 11.3 Å². The van der Waals surface area contributed by atoms with Crippen LogP contribution in [0.4, 0.5) is 0 Å². The predicted molar refractivity (Wildman–Crippen MR) is 110 cm³/mol. The van der Waals surface area contributed by atoms with Crippen molar-refractivity contribution >= 4 is 5.91 Å². The molecule has 2 aromatic heterocycles. The first kappa shape index (κ1) is 18.5. The van der Waals surface area contributed by atoms with Crippen LogP contribution in [0.2, 0.25) is 0 Å². The van der Waals surface area contributed by atoms with Crippen molar-refractivity contribution in [3.05, 3.63) is 77.4 Å². The minimum Gasteiger partial charge on any atom is -0.467 e. The molecule has 1 fully saturated rings. The van der Waals surface area contributed by atoms with Gasteiger partial charge in [-0.1, -0.05) is 25.0 Å². The highest BCUT2D eigenvalue weighted by molar-refractivity contribution is 5.95. The molecule has 1 aromatic carbocycles. The third-order valence-corrected chi connectivity index (χ3v) is 5.39. The molecule has 0 unspecified atom stereocenters. The quantitative estimate of drug-likeness (QED) is 0.589.